The molecule has 0 aliphatic carbocycles. The van der Waals surface area contributed by atoms with E-state index < -0.39 is 31.0 Å². The highest BCUT2D eigenvalue weighted by Crippen LogP contribution is 2.22. The van der Waals surface area contributed by atoms with Crippen molar-refractivity contribution < 1.29 is 28.2 Å². The monoisotopic (exact) mass is 195 g/mol. The predicted molar refractivity (Wildman–Crippen MR) is 36.0 cm³/mol. The van der Waals surface area contributed by atoms with E-state index in [0.717, 1.165) is 0 Å². The molecular formula is C7H9F2O4-. The summed E-state index contributed by atoms with van der Waals surface area (Å²) in [4.78, 5) is 19.8. The molecule has 0 aromatic heterocycles. The van der Waals surface area contributed by atoms with Crippen LogP contribution in [-0.4, -0.2) is 30.9 Å². The Morgan fingerprint density at radius 1 is 1.69 bits per heavy atom. The van der Waals surface area contributed by atoms with E-state index in [0.29, 0.717) is 6.92 Å². The molecule has 0 rings (SSSR count). The number of aliphatic carboxylic acids is 1. The molecule has 0 saturated heterocycles. The summed E-state index contributed by atoms with van der Waals surface area (Å²) >= 11 is 0. The summed E-state index contributed by atoms with van der Waals surface area (Å²) in [6.45, 7) is -0.0349. The van der Waals surface area contributed by atoms with Crippen LogP contribution in [0.1, 0.15) is 13.3 Å². The minimum atomic E-state index is -3.30. The number of carbonyl (C=O) groups is 2. The Balaban J connectivity index is 4.19. The number of carbonyl (C=O) groups excluding carboxylic acids is 2. The smallest absolute Gasteiger partial charge is 0.271 e. The lowest BCUT2D eigenvalue weighted by Gasteiger charge is -2.23. The lowest BCUT2D eigenvalue weighted by atomic mass is 10.1. The van der Waals surface area contributed by atoms with Gasteiger partial charge in [0.1, 0.15) is 19.0 Å². The van der Waals surface area contributed by atoms with Gasteiger partial charge in [0.05, 0.1) is 0 Å². The van der Waals surface area contributed by atoms with E-state index >= 15 is 0 Å². The zero-order valence-electron chi connectivity index (χ0n) is 6.96. The van der Waals surface area contributed by atoms with Gasteiger partial charge < -0.3 is 19.4 Å². The minimum Gasteiger partial charge on any atom is -0.550 e. The Bertz CT molecular complexity index is 187. The molecule has 13 heavy (non-hydrogen) atoms. The summed E-state index contributed by atoms with van der Waals surface area (Å²) in [5.74, 6) is -4.94. The SMILES string of the molecule is CC(F)(F)C(CC(=O)[O-])OCC=O. The maximum absolute atomic E-state index is 12.5. The van der Waals surface area contributed by atoms with Crippen LogP contribution in [0.5, 0.6) is 0 Å². The van der Waals surface area contributed by atoms with Crippen LogP contribution in [0.4, 0.5) is 8.78 Å². The Labute approximate surface area is 73.5 Å². The van der Waals surface area contributed by atoms with Crippen LogP contribution >= 0.6 is 0 Å². The fourth-order valence-electron chi connectivity index (χ4n) is 0.691. The number of rotatable bonds is 6. The zero-order valence-corrected chi connectivity index (χ0v) is 6.96. The Morgan fingerprint density at radius 2 is 2.23 bits per heavy atom. The summed E-state index contributed by atoms with van der Waals surface area (Å²) in [6, 6.07) is 0. The highest BCUT2D eigenvalue weighted by atomic mass is 19.3. The van der Waals surface area contributed by atoms with Gasteiger partial charge in [0.2, 0.25) is 0 Å². The van der Waals surface area contributed by atoms with Crippen molar-refractivity contribution in [1.82, 2.24) is 0 Å². The van der Waals surface area contributed by atoms with Gasteiger partial charge in [0, 0.05) is 19.3 Å². The van der Waals surface area contributed by atoms with Crippen LogP contribution in [0.3, 0.4) is 0 Å². The van der Waals surface area contributed by atoms with Crippen molar-refractivity contribution in [2.45, 2.75) is 25.4 Å². The van der Waals surface area contributed by atoms with Gasteiger partial charge in [-0.1, -0.05) is 0 Å². The van der Waals surface area contributed by atoms with E-state index in [2.05, 4.69) is 4.74 Å². The molecule has 1 unspecified atom stereocenters. The molecule has 0 aromatic rings. The van der Waals surface area contributed by atoms with E-state index in [-0.39, 0.29) is 6.29 Å². The average Bonchev–Trinajstić information content (AvgIpc) is 1.95. The van der Waals surface area contributed by atoms with Crippen molar-refractivity contribution in [3.63, 3.8) is 0 Å². The highest BCUT2D eigenvalue weighted by molar-refractivity contribution is 5.65. The van der Waals surface area contributed by atoms with Crippen LogP contribution in [0.15, 0.2) is 0 Å². The van der Waals surface area contributed by atoms with E-state index in [1.807, 2.05) is 0 Å². The number of hydrogen-bond donors (Lipinski definition) is 0. The van der Waals surface area contributed by atoms with Crippen LogP contribution in [0.2, 0.25) is 0 Å². The van der Waals surface area contributed by atoms with Gasteiger partial charge in [-0.2, -0.15) is 0 Å². The number of carboxylic acids is 1. The second-order valence-electron chi connectivity index (χ2n) is 2.52. The van der Waals surface area contributed by atoms with Gasteiger partial charge in [-0.25, -0.2) is 8.78 Å². The molecule has 0 aromatic carbocycles. The fourth-order valence-corrected chi connectivity index (χ4v) is 0.691. The molecular weight excluding hydrogens is 186 g/mol. The normalized spacial score (nSPS) is 13.8. The standard InChI is InChI=1S/C7H10F2O4/c1-7(8,9)5(4-6(11)12)13-3-2-10/h2,5H,3-4H2,1H3,(H,11,12)/p-1. The molecule has 4 nitrogen and oxygen atoms in total. The molecule has 0 bridgehead atoms. The highest BCUT2D eigenvalue weighted by Gasteiger charge is 2.34. The summed E-state index contributed by atoms with van der Waals surface area (Å²) in [5, 5.41) is 10.0. The lowest BCUT2D eigenvalue weighted by Crippen LogP contribution is -2.39. The van der Waals surface area contributed by atoms with Crippen molar-refractivity contribution in [3.8, 4) is 0 Å². The first-order valence-corrected chi connectivity index (χ1v) is 3.51. The molecule has 1 atom stereocenters. The van der Waals surface area contributed by atoms with Gasteiger partial charge in [-0.05, 0) is 0 Å². The number of alkyl halides is 2. The number of aldehydes is 1. The first kappa shape index (κ1) is 12.0. The Morgan fingerprint density at radius 3 is 2.54 bits per heavy atom. The molecule has 0 amide bonds. The summed E-state index contributed by atoms with van der Waals surface area (Å²) in [6.07, 6.45) is -2.48. The Hall–Kier alpha value is -1.04. The molecule has 0 aliphatic heterocycles. The van der Waals surface area contributed by atoms with E-state index in [9.17, 15) is 23.5 Å². The number of hydrogen-bond acceptors (Lipinski definition) is 4. The van der Waals surface area contributed by atoms with Gasteiger partial charge in [0.15, 0.2) is 0 Å². The van der Waals surface area contributed by atoms with E-state index in [1.165, 1.54) is 0 Å². The van der Waals surface area contributed by atoms with Gasteiger partial charge in [-0.15, -0.1) is 0 Å². The van der Waals surface area contributed by atoms with Gasteiger partial charge in [0.25, 0.3) is 5.92 Å². The van der Waals surface area contributed by atoms with Crippen LogP contribution in [0.25, 0.3) is 0 Å². The van der Waals surface area contributed by atoms with Crippen molar-refractivity contribution in [1.29, 1.82) is 0 Å². The third-order valence-electron chi connectivity index (χ3n) is 1.28. The molecule has 0 N–H and O–H groups in total. The fraction of sp³-hybridized carbons (Fsp3) is 0.714. The summed E-state index contributed by atoms with van der Waals surface area (Å²) in [5.41, 5.74) is 0. The molecule has 0 fully saturated rings. The first-order valence-electron chi connectivity index (χ1n) is 3.51. The van der Waals surface area contributed by atoms with E-state index in [1.54, 1.807) is 0 Å². The Kier molecular flexibility index (Phi) is 4.47. The van der Waals surface area contributed by atoms with Gasteiger partial charge >= 0.3 is 0 Å². The first-order chi connectivity index (χ1) is 5.88. The maximum Gasteiger partial charge on any atom is 0.271 e. The second-order valence-corrected chi connectivity index (χ2v) is 2.52. The average molecular weight is 195 g/mol. The van der Waals surface area contributed by atoms with Crippen LogP contribution in [-0.2, 0) is 14.3 Å². The third kappa shape index (κ3) is 5.24. The predicted octanol–water partition coefficient (Wildman–Crippen LogP) is -0.634. The molecule has 6 heteroatoms. The molecule has 0 heterocycles. The van der Waals surface area contributed by atoms with E-state index in [4.69, 9.17) is 0 Å². The third-order valence-corrected chi connectivity index (χ3v) is 1.28. The summed E-state index contributed by atoms with van der Waals surface area (Å²) in [7, 11) is 0. The maximum atomic E-state index is 12.5. The quantitative estimate of drug-likeness (QED) is 0.529. The number of ether oxygens (including phenoxy) is 1. The van der Waals surface area contributed by atoms with Crippen molar-refractivity contribution in [2.75, 3.05) is 6.61 Å². The molecule has 76 valence electrons. The summed E-state index contributed by atoms with van der Waals surface area (Å²) < 4.78 is 29.4. The van der Waals surface area contributed by atoms with Gasteiger partial charge in [-0.3, -0.25) is 0 Å². The van der Waals surface area contributed by atoms with Crippen LogP contribution < -0.4 is 5.11 Å². The molecule has 0 saturated carbocycles. The number of carboxylic acid groups (broad SMARTS) is 1. The number of halogens is 2. The van der Waals surface area contributed by atoms with Crippen molar-refractivity contribution in [2.24, 2.45) is 0 Å². The zero-order chi connectivity index (χ0) is 10.5. The van der Waals surface area contributed by atoms with Crippen LogP contribution in [0, 0.1) is 0 Å². The second kappa shape index (κ2) is 4.86. The molecule has 0 spiro atoms. The topological polar surface area (TPSA) is 66.4 Å². The molecule has 0 radical (unpaired) electrons. The largest absolute Gasteiger partial charge is 0.550 e. The van der Waals surface area contributed by atoms with Crippen molar-refractivity contribution >= 4 is 12.3 Å². The van der Waals surface area contributed by atoms with Crippen molar-refractivity contribution in [3.05, 3.63) is 0 Å². The minimum absolute atomic E-state index is 0.272. The lowest BCUT2D eigenvalue weighted by molar-refractivity contribution is -0.310. The molecule has 0 aliphatic rings.